The smallest absolute Gasteiger partial charge is 0.337 e. The summed E-state index contributed by atoms with van der Waals surface area (Å²) >= 11 is 0. The third kappa shape index (κ3) is 5.70. The maximum Gasteiger partial charge on any atom is 0.337 e. The lowest BCUT2D eigenvalue weighted by atomic mass is 9.96. The van der Waals surface area contributed by atoms with Crippen LogP contribution >= 0.6 is 0 Å². The first-order chi connectivity index (χ1) is 12.5. The summed E-state index contributed by atoms with van der Waals surface area (Å²) in [4.78, 5) is 23.6. The van der Waals surface area contributed by atoms with E-state index < -0.39 is 0 Å². The molecule has 2 rings (SSSR count). The minimum atomic E-state index is -0.365. The number of benzene rings is 2. The van der Waals surface area contributed by atoms with Gasteiger partial charge in [0, 0.05) is 18.0 Å². The number of carbonyl (C=O) groups is 2. The van der Waals surface area contributed by atoms with E-state index in [-0.39, 0.29) is 17.9 Å². The van der Waals surface area contributed by atoms with E-state index in [1.807, 2.05) is 30.3 Å². The lowest BCUT2D eigenvalue weighted by Crippen LogP contribution is -2.88. The third-order valence-electron chi connectivity index (χ3n) is 4.32. The van der Waals surface area contributed by atoms with E-state index in [1.54, 1.807) is 12.1 Å². The summed E-state index contributed by atoms with van der Waals surface area (Å²) < 4.78 is 4.67. The first-order valence-corrected chi connectivity index (χ1v) is 8.83. The largest absolute Gasteiger partial charge is 0.465 e. The number of nitrogens with two attached hydrogens (primary N) is 1. The number of amides is 1. The van der Waals surface area contributed by atoms with Crippen LogP contribution in [0, 0.1) is 5.92 Å². The van der Waals surface area contributed by atoms with Crippen LogP contribution in [0.3, 0.4) is 0 Å². The van der Waals surface area contributed by atoms with Gasteiger partial charge in [-0.05, 0) is 17.7 Å². The van der Waals surface area contributed by atoms with Gasteiger partial charge in [-0.1, -0.05) is 56.3 Å². The molecule has 0 saturated heterocycles. The van der Waals surface area contributed by atoms with Crippen LogP contribution < -0.4 is 10.6 Å². The molecule has 2 aromatic rings. The number of hydrogen-bond donors (Lipinski definition) is 2. The normalized spacial score (nSPS) is 11.8. The van der Waals surface area contributed by atoms with Crippen LogP contribution in [0.1, 0.15) is 41.4 Å². The van der Waals surface area contributed by atoms with Gasteiger partial charge in [-0.2, -0.15) is 0 Å². The molecule has 0 aliphatic heterocycles. The Bertz CT molecular complexity index is 712. The number of ether oxygens (including phenoxy) is 1. The van der Waals surface area contributed by atoms with E-state index in [1.165, 1.54) is 12.7 Å². The van der Waals surface area contributed by atoms with E-state index in [2.05, 4.69) is 41.4 Å². The Hall–Kier alpha value is -2.66. The number of carbonyl (C=O) groups excluding carboxylic acids is 2. The molecule has 0 bridgehead atoms. The molecular formula is C21H27N2O3+. The first kappa shape index (κ1) is 19.7. The Morgan fingerprint density at radius 2 is 1.69 bits per heavy atom. The summed E-state index contributed by atoms with van der Waals surface area (Å²) in [7, 11) is 1.35. The van der Waals surface area contributed by atoms with Crippen molar-refractivity contribution in [3.8, 4) is 0 Å². The molecule has 0 spiro atoms. The number of quaternary nitrogens is 1. The maximum absolute atomic E-state index is 12.2. The predicted octanol–water partition coefficient (Wildman–Crippen LogP) is 2.05. The average Bonchev–Trinajstić information content (AvgIpc) is 2.67. The molecule has 0 saturated carbocycles. The average molecular weight is 355 g/mol. The van der Waals surface area contributed by atoms with Crippen LogP contribution in [-0.4, -0.2) is 25.5 Å². The summed E-state index contributed by atoms with van der Waals surface area (Å²) in [5, 5.41) is 5.00. The third-order valence-corrected chi connectivity index (χ3v) is 4.32. The highest BCUT2D eigenvalue weighted by Gasteiger charge is 2.20. The summed E-state index contributed by atoms with van der Waals surface area (Å²) in [6.07, 6.45) is 0. The van der Waals surface area contributed by atoms with E-state index >= 15 is 0 Å². The summed E-state index contributed by atoms with van der Waals surface area (Å²) in [6, 6.07) is 17.5. The van der Waals surface area contributed by atoms with Crippen molar-refractivity contribution < 1.29 is 19.6 Å². The second-order valence-electron chi connectivity index (χ2n) is 6.59. The van der Waals surface area contributed by atoms with Gasteiger partial charge in [0.05, 0.1) is 12.7 Å². The zero-order valence-electron chi connectivity index (χ0n) is 15.6. The van der Waals surface area contributed by atoms with Gasteiger partial charge in [0.2, 0.25) is 0 Å². The fourth-order valence-electron chi connectivity index (χ4n) is 2.85. The van der Waals surface area contributed by atoms with Crippen LogP contribution in [0.4, 0.5) is 0 Å². The van der Waals surface area contributed by atoms with Crippen molar-refractivity contribution in [3.63, 3.8) is 0 Å². The van der Waals surface area contributed by atoms with Gasteiger partial charge in [-0.15, -0.1) is 0 Å². The molecule has 138 valence electrons. The van der Waals surface area contributed by atoms with Gasteiger partial charge in [0.25, 0.3) is 5.91 Å². The van der Waals surface area contributed by atoms with E-state index in [0.29, 0.717) is 24.6 Å². The van der Waals surface area contributed by atoms with Crippen molar-refractivity contribution in [3.05, 3.63) is 71.3 Å². The van der Waals surface area contributed by atoms with Gasteiger partial charge >= 0.3 is 5.97 Å². The Balaban J connectivity index is 1.83. The molecule has 0 aliphatic carbocycles. The van der Waals surface area contributed by atoms with E-state index in [0.717, 1.165) is 5.56 Å². The van der Waals surface area contributed by atoms with Crippen molar-refractivity contribution in [2.45, 2.75) is 26.4 Å². The Labute approximate surface area is 154 Å². The Morgan fingerprint density at radius 1 is 1.04 bits per heavy atom. The minimum absolute atomic E-state index is 0.0105. The number of rotatable bonds is 8. The molecule has 1 amide bonds. The molecule has 26 heavy (non-hydrogen) atoms. The van der Waals surface area contributed by atoms with Gasteiger partial charge in [-0.25, -0.2) is 4.79 Å². The van der Waals surface area contributed by atoms with Crippen molar-refractivity contribution >= 4 is 11.9 Å². The molecule has 5 nitrogen and oxygen atoms in total. The molecule has 0 fully saturated rings. The fourth-order valence-corrected chi connectivity index (χ4v) is 2.85. The van der Waals surface area contributed by atoms with Crippen LogP contribution in [0.25, 0.3) is 0 Å². The highest BCUT2D eigenvalue weighted by atomic mass is 16.5. The molecule has 0 unspecified atom stereocenters. The quantitative estimate of drug-likeness (QED) is 0.712. The van der Waals surface area contributed by atoms with Gasteiger partial charge < -0.3 is 15.4 Å². The predicted molar refractivity (Wildman–Crippen MR) is 100 cm³/mol. The van der Waals surface area contributed by atoms with Crippen molar-refractivity contribution in [1.82, 2.24) is 5.32 Å². The monoisotopic (exact) mass is 355 g/mol. The number of nitrogens with one attached hydrogen (secondary N) is 1. The highest BCUT2D eigenvalue weighted by Crippen LogP contribution is 2.16. The Morgan fingerprint density at radius 3 is 2.27 bits per heavy atom. The Kier molecular flexibility index (Phi) is 7.36. The highest BCUT2D eigenvalue weighted by molar-refractivity contribution is 5.89. The number of hydrogen-bond acceptors (Lipinski definition) is 3. The van der Waals surface area contributed by atoms with Crippen LogP contribution in [0.15, 0.2) is 54.6 Å². The molecule has 5 heteroatoms. The summed E-state index contributed by atoms with van der Waals surface area (Å²) in [5.41, 5.74) is 2.67. The van der Waals surface area contributed by atoms with Gasteiger partial charge in [-0.3, -0.25) is 4.79 Å². The molecule has 1 atom stereocenters. The zero-order valence-corrected chi connectivity index (χ0v) is 15.6. The minimum Gasteiger partial charge on any atom is -0.465 e. The molecule has 2 aromatic carbocycles. The van der Waals surface area contributed by atoms with Crippen LogP contribution in [0.5, 0.6) is 0 Å². The maximum atomic E-state index is 12.2. The molecule has 3 N–H and O–H groups in total. The van der Waals surface area contributed by atoms with Gasteiger partial charge in [0.1, 0.15) is 6.04 Å². The SMILES string of the molecule is COC(=O)c1ccc(CNC(=O)C[NH2+][C@H](c2ccccc2)C(C)C)cc1. The second-order valence-corrected chi connectivity index (χ2v) is 6.59. The number of methoxy groups -OCH3 is 1. The van der Waals surface area contributed by atoms with E-state index in [9.17, 15) is 9.59 Å². The summed E-state index contributed by atoms with van der Waals surface area (Å²) in [6.45, 7) is 5.13. The molecular weight excluding hydrogens is 328 g/mol. The fraction of sp³-hybridized carbons (Fsp3) is 0.333. The molecule has 0 heterocycles. The standard InChI is InChI=1S/C21H26N2O3/c1-15(2)20(17-7-5-4-6-8-17)23-14-19(24)22-13-16-9-11-18(12-10-16)21(25)26-3/h4-12,15,20,23H,13-14H2,1-3H3,(H,22,24)/p+1/t20-/m0/s1. The lowest BCUT2D eigenvalue weighted by Gasteiger charge is -2.19. The van der Waals surface area contributed by atoms with Crippen molar-refractivity contribution in [2.75, 3.05) is 13.7 Å². The van der Waals surface area contributed by atoms with Crippen LogP contribution in [0.2, 0.25) is 0 Å². The lowest BCUT2D eigenvalue weighted by molar-refractivity contribution is -0.692. The summed E-state index contributed by atoms with van der Waals surface area (Å²) in [5.74, 6) is 0.0514. The van der Waals surface area contributed by atoms with E-state index in [4.69, 9.17) is 0 Å². The first-order valence-electron chi connectivity index (χ1n) is 8.83. The van der Waals surface area contributed by atoms with Crippen molar-refractivity contribution in [2.24, 2.45) is 5.92 Å². The van der Waals surface area contributed by atoms with Crippen LogP contribution in [-0.2, 0) is 16.1 Å². The second kappa shape index (κ2) is 9.73. The van der Waals surface area contributed by atoms with Gasteiger partial charge in [0.15, 0.2) is 6.54 Å². The zero-order chi connectivity index (χ0) is 18.9. The number of esters is 1. The van der Waals surface area contributed by atoms with Crippen molar-refractivity contribution in [1.29, 1.82) is 0 Å². The molecule has 0 radical (unpaired) electrons. The topological polar surface area (TPSA) is 72.0 Å². The molecule has 0 aromatic heterocycles. The molecule has 0 aliphatic rings.